The second-order valence-electron chi connectivity index (χ2n) is 8.08. The minimum atomic E-state index is -0.862. The number of nitrogens with zero attached hydrogens (tertiary/aromatic N) is 4. The maximum absolute atomic E-state index is 13.3. The second-order valence-corrected chi connectivity index (χ2v) is 11.2. The molecule has 2 aromatic heterocycles. The summed E-state index contributed by atoms with van der Waals surface area (Å²) in [6, 6.07) is 17.8. The first-order chi connectivity index (χ1) is 17.4. The lowest BCUT2D eigenvalue weighted by molar-refractivity contribution is -0.132. The van der Waals surface area contributed by atoms with E-state index < -0.39 is 17.7 Å². The Balaban J connectivity index is 1.53. The zero-order valence-corrected chi connectivity index (χ0v) is 22.2. The molecular weight excluding hydrogens is 560 g/mol. The molecule has 0 aliphatic carbocycles. The Labute approximate surface area is 224 Å². The zero-order chi connectivity index (χ0) is 25.2. The number of carbonyl (C=O) groups is 2. The molecule has 3 heterocycles. The van der Waals surface area contributed by atoms with Gasteiger partial charge in [-0.15, -0.1) is 10.2 Å². The van der Waals surface area contributed by atoms with E-state index >= 15 is 0 Å². The Bertz CT molecular complexity index is 1470. The van der Waals surface area contributed by atoms with Gasteiger partial charge in [-0.05, 0) is 42.3 Å². The van der Waals surface area contributed by atoms with Crippen LogP contribution in [-0.2, 0) is 15.3 Å². The quantitative estimate of drug-likeness (QED) is 0.0996. The van der Waals surface area contributed by atoms with Gasteiger partial charge >= 0.3 is 5.91 Å². The fraction of sp³-hybridized carbons (Fsp3) is 0.115. The lowest BCUT2D eigenvalue weighted by atomic mass is 9.96. The Morgan fingerprint density at radius 1 is 1.08 bits per heavy atom. The lowest BCUT2D eigenvalue weighted by Crippen LogP contribution is -2.29. The molecule has 0 spiro atoms. The molecule has 1 unspecified atom stereocenters. The number of aliphatic hydroxyl groups excluding tert-OH is 1. The number of ketones is 1. The molecular formula is C26H19BrN4O3S2. The second kappa shape index (κ2) is 10.3. The van der Waals surface area contributed by atoms with E-state index in [1.165, 1.54) is 46.0 Å². The number of amides is 1. The minimum absolute atomic E-state index is 0.00615. The van der Waals surface area contributed by atoms with Crippen LogP contribution in [0.1, 0.15) is 28.3 Å². The molecule has 1 atom stereocenters. The Morgan fingerprint density at radius 2 is 1.83 bits per heavy atom. The number of aliphatic hydroxyl groups is 1. The van der Waals surface area contributed by atoms with Crippen molar-refractivity contribution < 1.29 is 14.7 Å². The Hall–Kier alpha value is -3.34. The molecule has 36 heavy (non-hydrogen) atoms. The number of aromatic nitrogens is 3. The fourth-order valence-corrected chi connectivity index (χ4v) is 6.12. The van der Waals surface area contributed by atoms with Crippen LogP contribution in [0.2, 0.25) is 0 Å². The van der Waals surface area contributed by atoms with Crippen molar-refractivity contribution in [1.82, 2.24) is 15.2 Å². The number of halogens is 1. The van der Waals surface area contributed by atoms with E-state index in [1.54, 1.807) is 12.1 Å². The standard InChI is InChI=1S/C26H19BrN4O3S2/c1-15-5-7-16(8-6-15)14-35-26-30-29-25(36-26)31-21(18-3-2-4-19(27)13-18)20(23(33)24(31)34)22(32)17-9-11-28-12-10-17/h2-13,21,32H,14H2,1H3/b22-20+. The summed E-state index contributed by atoms with van der Waals surface area (Å²) < 4.78 is 1.45. The molecule has 1 saturated heterocycles. The number of hydrogen-bond donors (Lipinski definition) is 1. The van der Waals surface area contributed by atoms with E-state index in [2.05, 4.69) is 55.4 Å². The van der Waals surface area contributed by atoms with Gasteiger partial charge in [-0.1, -0.05) is 81.0 Å². The molecule has 4 aromatic rings. The third-order valence-electron chi connectivity index (χ3n) is 5.65. The predicted octanol–water partition coefficient (Wildman–Crippen LogP) is 5.92. The smallest absolute Gasteiger partial charge is 0.301 e. The maximum Gasteiger partial charge on any atom is 0.301 e. The largest absolute Gasteiger partial charge is 0.507 e. The van der Waals surface area contributed by atoms with Crippen LogP contribution in [0.25, 0.3) is 5.76 Å². The summed E-state index contributed by atoms with van der Waals surface area (Å²) in [6.07, 6.45) is 3.03. The number of pyridine rings is 1. The zero-order valence-electron chi connectivity index (χ0n) is 19.0. The van der Waals surface area contributed by atoms with Crippen molar-refractivity contribution in [3.63, 3.8) is 0 Å². The van der Waals surface area contributed by atoms with E-state index in [0.717, 1.165) is 10.0 Å². The van der Waals surface area contributed by atoms with E-state index in [-0.39, 0.29) is 11.3 Å². The van der Waals surface area contributed by atoms with Crippen LogP contribution in [0, 0.1) is 6.92 Å². The molecule has 0 bridgehead atoms. The predicted molar refractivity (Wildman–Crippen MR) is 144 cm³/mol. The van der Waals surface area contributed by atoms with Gasteiger partial charge in [0.05, 0.1) is 11.6 Å². The van der Waals surface area contributed by atoms with Gasteiger partial charge in [-0.25, -0.2) is 0 Å². The summed E-state index contributed by atoms with van der Waals surface area (Å²) in [6.45, 7) is 2.04. The van der Waals surface area contributed by atoms with Crippen LogP contribution in [0.15, 0.2) is 87.4 Å². The van der Waals surface area contributed by atoms with Gasteiger partial charge < -0.3 is 5.11 Å². The summed E-state index contributed by atoms with van der Waals surface area (Å²) >= 11 is 6.21. The van der Waals surface area contributed by atoms with Crippen LogP contribution < -0.4 is 4.90 Å². The van der Waals surface area contributed by atoms with E-state index in [1.807, 2.05) is 31.2 Å². The molecule has 180 valence electrons. The SMILES string of the molecule is Cc1ccc(CSc2nnc(N3C(=O)C(=O)/C(=C(/O)c4ccncc4)C3c3cccc(Br)c3)s2)cc1. The van der Waals surface area contributed by atoms with Gasteiger partial charge in [0.1, 0.15) is 5.76 Å². The first-order valence-corrected chi connectivity index (χ1v) is 13.5. The topological polar surface area (TPSA) is 96.3 Å². The summed E-state index contributed by atoms with van der Waals surface area (Å²) in [4.78, 5) is 31.8. The highest BCUT2D eigenvalue weighted by molar-refractivity contribution is 9.10. The Kier molecular flexibility index (Phi) is 6.99. The third kappa shape index (κ3) is 4.84. The number of Topliss-reactive ketones (excluding diaryl/α,β-unsaturated/α-hetero) is 1. The number of benzene rings is 2. The first kappa shape index (κ1) is 24.4. The van der Waals surface area contributed by atoms with Gasteiger partial charge in [0.2, 0.25) is 5.13 Å². The fourth-order valence-electron chi connectivity index (χ4n) is 3.87. The molecule has 7 nitrogen and oxygen atoms in total. The summed E-state index contributed by atoms with van der Waals surface area (Å²) in [5.74, 6) is -1.10. The van der Waals surface area contributed by atoms with Crippen molar-refractivity contribution in [2.45, 2.75) is 23.1 Å². The number of aryl methyl sites for hydroxylation is 1. The van der Waals surface area contributed by atoms with Crippen LogP contribution in [0.5, 0.6) is 0 Å². The molecule has 0 saturated carbocycles. The summed E-state index contributed by atoms with van der Waals surface area (Å²) in [7, 11) is 0. The lowest BCUT2D eigenvalue weighted by Gasteiger charge is -2.22. The number of anilines is 1. The number of hydrogen-bond acceptors (Lipinski definition) is 8. The van der Waals surface area contributed by atoms with Gasteiger partial charge in [0, 0.05) is 28.2 Å². The van der Waals surface area contributed by atoms with Crippen LogP contribution in [-0.4, -0.2) is 32.0 Å². The van der Waals surface area contributed by atoms with Gasteiger partial charge in [-0.2, -0.15) is 0 Å². The average Bonchev–Trinajstić information content (AvgIpc) is 3.46. The van der Waals surface area contributed by atoms with Crippen LogP contribution >= 0.6 is 39.0 Å². The van der Waals surface area contributed by atoms with E-state index in [4.69, 9.17) is 0 Å². The van der Waals surface area contributed by atoms with Crippen LogP contribution in [0.4, 0.5) is 5.13 Å². The van der Waals surface area contributed by atoms with Crippen molar-refractivity contribution in [3.8, 4) is 0 Å². The number of carbonyl (C=O) groups excluding carboxylic acids is 2. The highest BCUT2D eigenvalue weighted by Crippen LogP contribution is 2.44. The number of rotatable bonds is 6. The molecule has 1 fully saturated rings. The van der Waals surface area contributed by atoms with Crippen molar-refractivity contribution in [2.24, 2.45) is 0 Å². The Morgan fingerprint density at radius 3 is 2.56 bits per heavy atom. The minimum Gasteiger partial charge on any atom is -0.507 e. The molecule has 1 N–H and O–H groups in total. The summed E-state index contributed by atoms with van der Waals surface area (Å²) in [5.41, 5.74) is 3.39. The van der Waals surface area contributed by atoms with E-state index in [0.29, 0.717) is 26.4 Å². The molecule has 10 heteroatoms. The average molecular weight is 580 g/mol. The highest BCUT2D eigenvalue weighted by atomic mass is 79.9. The first-order valence-electron chi connectivity index (χ1n) is 10.9. The third-order valence-corrected chi connectivity index (χ3v) is 8.27. The van der Waals surface area contributed by atoms with Crippen molar-refractivity contribution in [1.29, 1.82) is 0 Å². The van der Waals surface area contributed by atoms with Crippen molar-refractivity contribution >= 4 is 61.6 Å². The van der Waals surface area contributed by atoms with Crippen molar-refractivity contribution in [3.05, 3.63) is 105 Å². The number of thioether (sulfide) groups is 1. The maximum atomic E-state index is 13.3. The summed E-state index contributed by atoms with van der Waals surface area (Å²) in [5, 5.41) is 19.9. The van der Waals surface area contributed by atoms with Crippen LogP contribution in [0.3, 0.4) is 0 Å². The van der Waals surface area contributed by atoms with E-state index in [9.17, 15) is 14.7 Å². The molecule has 0 radical (unpaired) electrons. The van der Waals surface area contributed by atoms with Gasteiger partial charge in [-0.3, -0.25) is 19.5 Å². The normalized spacial score (nSPS) is 17.1. The monoisotopic (exact) mass is 578 g/mol. The molecule has 5 rings (SSSR count). The molecule has 2 aromatic carbocycles. The highest BCUT2D eigenvalue weighted by Gasteiger charge is 2.48. The van der Waals surface area contributed by atoms with Gasteiger partial charge in [0.25, 0.3) is 5.78 Å². The molecule has 1 amide bonds. The molecule has 1 aliphatic heterocycles. The van der Waals surface area contributed by atoms with Gasteiger partial charge in [0.15, 0.2) is 4.34 Å². The molecule has 1 aliphatic rings. The van der Waals surface area contributed by atoms with Crippen molar-refractivity contribution in [2.75, 3.05) is 4.90 Å².